The maximum atomic E-state index is 13.1. The first-order valence-electron chi connectivity index (χ1n) is 39.2. The summed E-state index contributed by atoms with van der Waals surface area (Å²) in [6, 6.07) is 0. The zero-order valence-corrected chi connectivity index (χ0v) is 64.0. The third-order valence-electron chi connectivity index (χ3n) is 16.6. The third kappa shape index (κ3) is 70.9. The van der Waals surface area contributed by atoms with Gasteiger partial charge in [0.15, 0.2) is 12.2 Å². The molecule has 17 nitrogen and oxygen atoms in total. The Balaban J connectivity index is 5.36. The molecule has 570 valence electrons. The van der Waals surface area contributed by atoms with Crippen LogP contribution >= 0.6 is 15.6 Å². The first kappa shape index (κ1) is 94.5. The van der Waals surface area contributed by atoms with Gasteiger partial charge in [0, 0.05) is 25.7 Å². The molecular weight excluding hydrogens is 1280 g/mol. The summed E-state index contributed by atoms with van der Waals surface area (Å²) in [5.41, 5.74) is 0. The SMILES string of the molecule is CCCCC/C=C\C/C=C\CCCCCCCC(=O)OC[C@H](COP(=O)(O)OC[C@H](O)COP(=O)(O)OC[C@@H](COC(=O)CCCCCCC/C=C\CCCCCCCC)OC(=O)CCCCCCC/C=C\C=C/CCCCCC)OC(=O)CCCCCCC/C=C\CCCCCC. The van der Waals surface area contributed by atoms with Gasteiger partial charge in [-0.05, 0) is 135 Å². The number of carbonyl (C=O) groups excluding carboxylic acids is 4. The fourth-order valence-electron chi connectivity index (χ4n) is 10.6. The molecule has 0 spiro atoms. The van der Waals surface area contributed by atoms with Crippen molar-refractivity contribution in [1.82, 2.24) is 0 Å². The van der Waals surface area contributed by atoms with E-state index in [1.54, 1.807) is 0 Å². The van der Waals surface area contributed by atoms with Crippen molar-refractivity contribution >= 4 is 39.5 Å². The highest BCUT2D eigenvalue weighted by Gasteiger charge is 2.30. The molecule has 0 bridgehead atoms. The van der Waals surface area contributed by atoms with Crippen LogP contribution in [0.5, 0.6) is 0 Å². The Labute approximate surface area is 596 Å². The first-order valence-corrected chi connectivity index (χ1v) is 42.2. The third-order valence-corrected chi connectivity index (χ3v) is 18.5. The van der Waals surface area contributed by atoms with E-state index in [0.29, 0.717) is 25.7 Å². The van der Waals surface area contributed by atoms with Crippen molar-refractivity contribution in [3.63, 3.8) is 0 Å². The molecule has 0 saturated heterocycles. The van der Waals surface area contributed by atoms with Crippen LogP contribution in [0, 0.1) is 0 Å². The van der Waals surface area contributed by atoms with E-state index >= 15 is 0 Å². The summed E-state index contributed by atoms with van der Waals surface area (Å²) < 4.78 is 68.5. The molecule has 0 amide bonds. The standard InChI is InChI=1S/C79H142O17P2/c1-5-9-13-17-21-25-29-33-36-40-43-47-51-55-59-63-76(81)89-69-74(95-78(83)65-61-57-53-49-45-39-32-28-24-20-16-12-8-4)71-93-97(85,86)91-67-73(80)68-92-98(87,88)94-72-75(96-79(84)66-62-58-54-50-46-42-38-35-31-27-23-19-15-11-7-3)70-90-77(82)64-60-56-52-48-44-41-37-34-30-26-22-18-14-10-6-2/h21,25,27-28,31-38,73-75,80H,5-20,22-24,26,29-30,39-72H2,1-4H3,(H,85,86)(H,87,88)/b25-21-,31-27-,32-28-,36-33-,37-34-,38-35-/t73-,74+,75+/m0/s1. The van der Waals surface area contributed by atoms with Crippen molar-refractivity contribution in [3.8, 4) is 0 Å². The lowest BCUT2D eigenvalue weighted by Gasteiger charge is -2.21. The van der Waals surface area contributed by atoms with Gasteiger partial charge in [0.05, 0.1) is 26.4 Å². The van der Waals surface area contributed by atoms with E-state index < -0.39 is 97.5 Å². The number of esters is 4. The molecule has 0 heterocycles. The summed E-state index contributed by atoms with van der Waals surface area (Å²) in [6.07, 6.45) is 71.6. The molecule has 0 radical (unpaired) electrons. The minimum absolute atomic E-state index is 0.0781. The number of carbonyl (C=O) groups is 4. The molecule has 0 aliphatic carbocycles. The largest absolute Gasteiger partial charge is 0.472 e. The highest BCUT2D eigenvalue weighted by Crippen LogP contribution is 2.45. The highest BCUT2D eigenvalue weighted by atomic mass is 31.2. The quantitative estimate of drug-likeness (QED) is 0.0128. The summed E-state index contributed by atoms with van der Waals surface area (Å²) in [5.74, 6) is -2.20. The van der Waals surface area contributed by atoms with Crippen LogP contribution in [0.15, 0.2) is 72.9 Å². The lowest BCUT2D eigenvalue weighted by atomic mass is 10.1. The number of aliphatic hydroxyl groups excluding tert-OH is 1. The number of allylic oxidation sites excluding steroid dienone is 12. The molecule has 0 fully saturated rings. The second-order valence-corrected chi connectivity index (χ2v) is 29.2. The average Bonchev–Trinajstić information content (AvgIpc) is 0.959. The fraction of sp³-hybridized carbons (Fsp3) is 0.797. The van der Waals surface area contributed by atoms with Gasteiger partial charge in [-0.3, -0.25) is 37.3 Å². The van der Waals surface area contributed by atoms with E-state index in [-0.39, 0.29) is 25.7 Å². The molecule has 0 aromatic carbocycles. The van der Waals surface area contributed by atoms with Crippen molar-refractivity contribution in [2.75, 3.05) is 39.6 Å². The van der Waals surface area contributed by atoms with Crippen LogP contribution in [0.25, 0.3) is 0 Å². The number of phosphoric acid groups is 2. The second-order valence-electron chi connectivity index (χ2n) is 26.3. The summed E-state index contributed by atoms with van der Waals surface area (Å²) in [7, 11) is -9.95. The van der Waals surface area contributed by atoms with Crippen molar-refractivity contribution in [2.45, 2.75) is 367 Å². The zero-order chi connectivity index (χ0) is 71.8. The van der Waals surface area contributed by atoms with Crippen LogP contribution in [0.3, 0.4) is 0 Å². The van der Waals surface area contributed by atoms with Gasteiger partial charge in [-0.2, -0.15) is 0 Å². The van der Waals surface area contributed by atoms with Crippen molar-refractivity contribution in [3.05, 3.63) is 72.9 Å². The molecular formula is C79H142O17P2. The number of hydrogen-bond donors (Lipinski definition) is 3. The number of phosphoric ester groups is 2. The topological polar surface area (TPSA) is 237 Å². The fourth-order valence-corrected chi connectivity index (χ4v) is 12.2. The molecule has 0 rings (SSSR count). The van der Waals surface area contributed by atoms with Crippen LogP contribution in [-0.4, -0.2) is 96.7 Å². The van der Waals surface area contributed by atoms with Crippen LogP contribution in [0.2, 0.25) is 0 Å². The molecule has 2 unspecified atom stereocenters. The number of rotatable bonds is 74. The van der Waals surface area contributed by atoms with Crippen molar-refractivity contribution in [2.24, 2.45) is 0 Å². The molecule has 0 aliphatic rings. The monoisotopic (exact) mass is 1420 g/mol. The van der Waals surface area contributed by atoms with Gasteiger partial charge in [-0.15, -0.1) is 0 Å². The Morgan fingerprint density at radius 2 is 0.531 bits per heavy atom. The van der Waals surface area contributed by atoms with Gasteiger partial charge in [0.2, 0.25) is 0 Å². The van der Waals surface area contributed by atoms with Gasteiger partial charge >= 0.3 is 39.5 Å². The van der Waals surface area contributed by atoms with E-state index in [1.807, 2.05) is 0 Å². The maximum absolute atomic E-state index is 13.1. The van der Waals surface area contributed by atoms with E-state index in [9.17, 15) is 43.2 Å². The Hall–Kier alpha value is -3.50. The van der Waals surface area contributed by atoms with Crippen molar-refractivity contribution in [1.29, 1.82) is 0 Å². The van der Waals surface area contributed by atoms with Gasteiger partial charge in [-0.25, -0.2) is 9.13 Å². The maximum Gasteiger partial charge on any atom is 0.472 e. The molecule has 5 atom stereocenters. The minimum Gasteiger partial charge on any atom is -0.462 e. The summed E-state index contributed by atoms with van der Waals surface area (Å²) >= 11 is 0. The summed E-state index contributed by atoms with van der Waals surface area (Å²) in [5, 5.41) is 10.6. The van der Waals surface area contributed by atoms with E-state index in [2.05, 4.69) is 101 Å². The molecule has 0 aliphatic heterocycles. The van der Waals surface area contributed by atoms with Crippen LogP contribution in [0.1, 0.15) is 349 Å². The number of hydrogen-bond acceptors (Lipinski definition) is 15. The number of aliphatic hydroxyl groups is 1. The van der Waals surface area contributed by atoms with Gasteiger partial charge in [0.1, 0.15) is 19.3 Å². The zero-order valence-electron chi connectivity index (χ0n) is 62.2. The second kappa shape index (κ2) is 71.9. The van der Waals surface area contributed by atoms with E-state index in [1.165, 1.54) is 109 Å². The van der Waals surface area contributed by atoms with Gasteiger partial charge in [-0.1, -0.05) is 261 Å². The number of unbranched alkanes of at least 4 members (excludes halogenated alkanes) is 37. The Morgan fingerprint density at radius 3 is 0.857 bits per heavy atom. The molecule has 0 aromatic heterocycles. The molecule has 0 aromatic rings. The minimum atomic E-state index is -4.98. The Morgan fingerprint density at radius 1 is 0.296 bits per heavy atom. The average molecular weight is 1430 g/mol. The van der Waals surface area contributed by atoms with Crippen LogP contribution < -0.4 is 0 Å². The molecule has 3 N–H and O–H groups in total. The summed E-state index contributed by atoms with van der Waals surface area (Å²) in [4.78, 5) is 72.9. The lowest BCUT2D eigenvalue weighted by Crippen LogP contribution is -2.30. The predicted octanol–water partition coefficient (Wildman–Crippen LogP) is 22.4. The smallest absolute Gasteiger partial charge is 0.462 e. The predicted molar refractivity (Wildman–Crippen MR) is 400 cm³/mol. The molecule has 0 saturated carbocycles. The molecule has 19 heteroatoms. The van der Waals surface area contributed by atoms with E-state index in [4.69, 9.17) is 37.0 Å². The van der Waals surface area contributed by atoms with Crippen LogP contribution in [0.4, 0.5) is 0 Å². The summed E-state index contributed by atoms with van der Waals surface area (Å²) in [6.45, 7) is 4.80. The normalized spacial score (nSPS) is 14.3. The van der Waals surface area contributed by atoms with E-state index in [0.717, 1.165) is 161 Å². The van der Waals surface area contributed by atoms with Crippen molar-refractivity contribution < 1.29 is 80.2 Å². The highest BCUT2D eigenvalue weighted by molar-refractivity contribution is 7.47. The Bertz CT molecular complexity index is 2140. The van der Waals surface area contributed by atoms with Crippen LogP contribution in [-0.2, 0) is 65.4 Å². The van der Waals surface area contributed by atoms with Gasteiger partial charge in [0.25, 0.3) is 0 Å². The first-order chi connectivity index (χ1) is 47.7. The lowest BCUT2D eigenvalue weighted by molar-refractivity contribution is -0.161. The molecule has 98 heavy (non-hydrogen) atoms. The Kier molecular flexibility index (Phi) is 69.3. The number of ether oxygens (including phenoxy) is 4. The van der Waals surface area contributed by atoms with Gasteiger partial charge < -0.3 is 33.8 Å².